The van der Waals surface area contributed by atoms with Crippen LogP contribution in [0.4, 0.5) is 0 Å². The van der Waals surface area contributed by atoms with Gasteiger partial charge < -0.3 is 4.74 Å². The van der Waals surface area contributed by atoms with Crippen LogP contribution in [0.5, 0.6) is 0 Å². The summed E-state index contributed by atoms with van der Waals surface area (Å²) in [6, 6.07) is 57.7. The van der Waals surface area contributed by atoms with E-state index in [0.717, 1.165) is 32.7 Å². The van der Waals surface area contributed by atoms with Gasteiger partial charge in [0.25, 0.3) is 0 Å². The van der Waals surface area contributed by atoms with E-state index in [2.05, 4.69) is 164 Å². The summed E-state index contributed by atoms with van der Waals surface area (Å²) in [5, 5.41) is 5.31. The van der Waals surface area contributed by atoms with E-state index in [1.165, 1.54) is 77.1 Å². The van der Waals surface area contributed by atoms with E-state index in [0.29, 0.717) is 13.2 Å². The highest BCUT2D eigenvalue weighted by atomic mass is 32.2. The van der Waals surface area contributed by atoms with Gasteiger partial charge in [0.2, 0.25) is 0 Å². The predicted molar refractivity (Wildman–Crippen MR) is 269 cm³/mol. The smallest absolute Gasteiger partial charge is 0.151 e. The van der Waals surface area contributed by atoms with Crippen molar-refractivity contribution in [2.24, 2.45) is 5.41 Å². The fourth-order valence-corrected chi connectivity index (χ4v) is 15.2. The highest BCUT2D eigenvalue weighted by Crippen LogP contribution is 2.45. The first-order valence-electron chi connectivity index (χ1n) is 20.0. The Morgan fingerprint density at radius 2 is 1.05 bits per heavy atom. The molecular weight excluding hydrogens is 847 g/mol. The van der Waals surface area contributed by atoms with Crippen molar-refractivity contribution in [2.45, 2.75) is 21.1 Å². The van der Waals surface area contributed by atoms with E-state index in [-0.39, 0.29) is 5.41 Å². The minimum atomic E-state index is -0.184. The number of thioether (sulfide) groups is 3. The topological polar surface area (TPSA) is 22.1 Å². The quantitative estimate of drug-likeness (QED) is 0.0753. The van der Waals surface area contributed by atoms with Crippen molar-refractivity contribution in [2.75, 3.05) is 30.5 Å². The van der Waals surface area contributed by atoms with Gasteiger partial charge in [-0.3, -0.25) is 0 Å². The Hall–Kier alpha value is -4.38. The Morgan fingerprint density at radius 1 is 0.550 bits per heavy atom. The van der Waals surface area contributed by atoms with E-state index >= 15 is 0 Å². The van der Waals surface area contributed by atoms with Crippen LogP contribution in [0, 0.1) is 5.41 Å². The number of benzene rings is 7. The molecule has 0 saturated heterocycles. The molecule has 3 heterocycles. The molecule has 0 bridgehead atoms. The van der Waals surface area contributed by atoms with Gasteiger partial charge in [0.15, 0.2) is 4.34 Å². The summed E-state index contributed by atoms with van der Waals surface area (Å²) >= 11 is 11.3. The molecule has 0 saturated carbocycles. The number of aromatic nitrogens is 1. The number of hydrogen-bond acceptors (Lipinski definition) is 8. The zero-order chi connectivity index (χ0) is 40.5. The highest BCUT2D eigenvalue weighted by molar-refractivity contribution is 8.02. The number of rotatable bonds is 15. The Balaban J connectivity index is 0.970. The lowest BCUT2D eigenvalue weighted by Gasteiger charge is -2.33. The maximum Gasteiger partial charge on any atom is 0.151 e. The second kappa shape index (κ2) is 17.5. The lowest BCUT2D eigenvalue weighted by molar-refractivity contribution is 0.0939. The molecule has 7 aromatic carbocycles. The summed E-state index contributed by atoms with van der Waals surface area (Å²) in [6.45, 7) is 7.40. The average molecular weight is 888 g/mol. The van der Waals surface area contributed by atoms with Crippen LogP contribution >= 0.6 is 69.3 Å². The first-order chi connectivity index (χ1) is 29.5. The van der Waals surface area contributed by atoms with E-state index in [4.69, 9.17) is 9.72 Å². The van der Waals surface area contributed by atoms with Crippen LogP contribution < -0.4 is 0 Å². The predicted octanol–water partition coefficient (Wildman–Crippen LogP) is 16.6. The molecule has 0 amide bonds. The molecule has 2 nitrogen and oxygen atoms in total. The Kier molecular flexibility index (Phi) is 11.6. The summed E-state index contributed by atoms with van der Waals surface area (Å²) in [5.41, 5.74) is 7.01. The standard InChI is InChI=1S/C52H41NOS6/c1-34(2)29-54-30-52(33-57-51-53-45-23-5-8-26-48(45)60-51,31-55-37-15-9-13-35(27-37)39-19-11-21-43-41-17-3-6-24-46(41)58-49(39)43)32-56-38-16-10-14-36(28-38)40-20-12-22-44-42-18-4-7-25-47(42)59-50(40)44/h3-28H,1,29-33H2,2H3. The van der Waals surface area contributed by atoms with Gasteiger partial charge >= 0.3 is 0 Å². The van der Waals surface area contributed by atoms with Crippen molar-refractivity contribution in [1.29, 1.82) is 0 Å². The fourth-order valence-electron chi connectivity index (χ4n) is 7.75. The lowest BCUT2D eigenvalue weighted by Crippen LogP contribution is -2.36. The van der Waals surface area contributed by atoms with Crippen LogP contribution in [0.3, 0.4) is 0 Å². The third kappa shape index (κ3) is 8.32. The van der Waals surface area contributed by atoms with Crippen molar-refractivity contribution in [3.8, 4) is 22.3 Å². The molecule has 8 heteroatoms. The summed E-state index contributed by atoms with van der Waals surface area (Å²) in [5.74, 6) is 2.67. The third-order valence-electron chi connectivity index (χ3n) is 10.7. The number of para-hydroxylation sites is 1. The molecular formula is C52H41NOS6. The Morgan fingerprint density at radius 3 is 1.62 bits per heavy atom. The van der Waals surface area contributed by atoms with Crippen molar-refractivity contribution in [3.63, 3.8) is 0 Å². The minimum absolute atomic E-state index is 0.184. The van der Waals surface area contributed by atoms with Crippen LogP contribution in [-0.4, -0.2) is 35.5 Å². The van der Waals surface area contributed by atoms with Gasteiger partial charge in [-0.05, 0) is 77.7 Å². The number of ether oxygens (including phenoxy) is 1. The van der Waals surface area contributed by atoms with Gasteiger partial charge in [0.1, 0.15) is 0 Å². The van der Waals surface area contributed by atoms with Crippen LogP contribution in [0.15, 0.2) is 184 Å². The molecule has 0 spiro atoms. The van der Waals surface area contributed by atoms with Gasteiger partial charge in [-0.15, -0.1) is 57.5 Å². The summed E-state index contributed by atoms with van der Waals surface area (Å²) in [7, 11) is 0. The molecule has 0 aliphatic heterocycles. The molecule has 0 unspecified atom stereocenters. The van der Waals surface area contributed by atoms with Crippen LogP contribution in [-0.2, 0) is 4.74 Å². The largest absolute Gasteiger partial charge is 0.376 e. The molecule has 3 aromatic heterocycles. The summed E-state index contributed by atoms with van der Waals surface area (Å²) < 4.78 is 14.3. The SMILES string of the molecule is C=C(C)COCC(CSc1cccc(-c2cccc3c2sc2ccccc23)c1)(CSc1cccc(-c2cccc3c2sc2ccccc23)c1)CSc1nc2ccccc2s1. The Labute approximate surface area is 375 Å². The van der Waals surface area contributed by atoms with Gasteiger partial charge in [-0.1, -0.05) is 133 Å². The fraction of sp³-hybridized carbons (Fsp3) is 0.135. The van der Waals surface area contributed by atoms with Gasteiger partial charge in [0, 0.05) is 72.8 Å². The van der Waals surface area contributed by atoms with Crippen LogP contribution in [0.2, 0.25) is 0 Å². The number of thiophene rings is 2. The summed E-state index contributed by atoms with van der Waals surface area (Å²) in [4.78, 5) is 7.58. The second-order valence-corrected chi connectivity index (χ2v) is 21.8. The summed E-state index contributed by atoms with van der Waals surface area (Å²) in [6.07, 6.45) is 0. The normalized spacial score (nSPS) is 12.1. The molecule has 0 radical (unpaired) electrons. The van der Waals surface area contributed by atoms with Gasteiger partial charge in [-0.25, -0.2) is 4.98 Å². The lowest BCUT2D eigenvalue weighted by atomic mass is 9.97. The average Bonchev–Trinajstić information content (AvgIpc) is 4.00. The van der Waals surface area contributed by atoms with Crippen molar-refractivity contribution >= 4 is 120 Å². The second-order valence-electron chi connectivity index (χ2n) is 15.4. The number of nitrogens with zero attached hydrogens (tertiary/aromatic N) is 1. The van der Waals surface area contributed by atoms with Crippen molar-refractivity contribution < 1.29 is 4.74 Å². The first-order valence-corrected chi connectivity index (χ1v) is 25.4. The maximum absolute atomic E-state index is 6.57. The molecule has 10 rings (SSSR count). The molecule has 60 heavy (non-hydrogen) atoms. The zero-order valence-electron chi connectivity index (χ0n) is 33.1. The van der Waals surface area contributed by atoms with Gasteiger partial charge in [0.05, 0.1) is 23.4 Å². The van der Waals surface area contributed by atoms with Crippen molar-refractivity contribution in [1.82, 2.24) is 4.98 Å². The minimum Gasteiger partial charge on any atom is -0.376 e. The van der Waals surface area contributed by atoms with Gasteiger partial charge in [-0.2, -0.15) is 0 Å². The van der Waals surface area contributed by atoms with E-state index in [9.17, 15) is 0 Å². The number of hydrogen-bond donors (Lipinski definition) is 0. The van der Waals surface area contributed by atoms with Crippen LogP contribution in [0.25, 0.3) is 72.8 Å². The molecule has 296 valence electrons. The molecule has 0 atom stereocenters. The maximum atomic E-state index is 6.57. The molecule has 0 fully saturated rings. The molecule has 0 N–H and O–H groups in total. The van der Waals surface area contributed by atoms with E-state index in [1.54, 1.807) is 11.3 Å². The zero-order valence-corrected chi connectivity index (χ0v) is 38.0. The van der Waals surface area contributed by atoms with E-state index < -0.39 is 0 Å². The Bertz CT molecular complexity index is 2960. The number of thiazole rings is 1. The monoisotopic (exact) mass is 887 g/mol. The number of fused-ring (bicyclic) bond motifs is 7. The van der Waals surface area contributed by atoms with E-state index in [1.807, 2.05) is 64.9 Å². The molecule has 0 aliphatic carbocycles. The van der Waals surface area contributed by atoms with Crippen molar-refractivity contribution in [3.05, 3.63) is 170 Å². The highest BCUT2D eigenvalue weighted by Gasteiger charge is 2.33. The van der Waals surface area contributed by atoms with Crippen LogP contribution in [0.1, 0.15) is 6.92 Å². The third-order valence-corrected chi connectivity index (χ3v) is 18.4. The molecule has 10 aromatic rings. The molecule has 0 aliphatic rings. The first kappa shape index (κ1) is 39.7.